The van der Waals surface area contributed by atoms with Crippen LogP contribution in [-0.4, -0.2) is 27.4 Å². The first-order chi connectivity index (χ1) is 10.8. The van der Waals surface area contributed by atoms with Gasteiger partial charge >= 0.3 is 0 Å². The number of sulfonamides is 1. The summed E-state index contributed by atoms with van der Waals surface area (Å²) in [7, 11) is 0.182. The highest BCUT2D eigenvalue weighted by atomic mass is 79.9. The molecule has 0 unspecified atom stereocenters. The minimum absolute atomic E-state index is 0.0176. The van der Waals surface area contributed by atoms with Crippen LogP contribution in [0.4, 0.5) is 4.39 Å². The molecule has 2 rings (SSSR count). The molecule has 0 saturated heterocycles. The van der Waals surface area contributed by atoms with Gasteiger partial charge in [0.15, 0.2) is 0 Å². The Morgan fingerprint density at radius 2 is 1.78 bits per heavy atom. The summed E-state index contributed by atoms with van der Waals surface area (Å²) in [6, 6.07) is 11.2. The van der Waals surface area contributed by atoms with Crippen molar-refractivity contribution in [2.24, 2.45) is 0 Å². The Bertz CT molecular complexity index is 794. The average Bonchev–Trinajstić information content (AvgIpc) is 2.45. The van der Waals surface area contributed by atoms with Gasteiger partial charge in [-0.15, -0.1) is 0 Å². The van der Waals surface area contributed by atoms with Crippen LogP contribution in [0.15, 0.2) is 51.8 Å². The maximum Gasteiger partial charge on any atom is 0.241 e. The number of benzene rings is 2. The molecule has 23 heavy (non-hydrogen) atoms. The van der Waals surface area contributed by atoms with Crippen LogP contribution in [0.3, 0.4) is 0 Å². The van der Waals surface area contributed by atoms with Crippen LogP contribution in [0.2, 0.25) is 0 Å². The van der Waals surface area contributed by atoms with Crippen molar-refractivity contribution in [1.29, 1.82) is 0 Å². The van der Waals surface area contributed by atoms with E-state index in [-0.39, 0.29) is 15.9 Å². The Morgan fingerprint density at radius 1 is 1.13 bits per heavy atom. The molecule has 124 valence electrons. The van der Waals surface area contributed by atoms with Crippen molar-refractivity contribution in [3.05, 3.63) is 63.9 Å². The first-order valence-corrected chi connectivity index (χ1v) is 9.23. The van der Waals surface area contributed by atoms with E-state index in [1.807, 2.05) is 43.3 Å². The van der Waals surface area contributed by atoms with Crippen LogP contribution in [0.25, 0.3) is 0 Å². The topological polar surface area (TPSA) is 49.4 Å². The smallest absolute Gasteiger partial charge is 0.241 e. The molecule has 0 amide bonds. The summed E-state index contributed by atoms with van der Waals surface area (Å²) in [4.78, 5) is 2.04. The Hall–Kier alpha value is -1.28. The van der Waals surface area contributed by atoms with E-state index in [1.54, 1.807) is 0 Å². The van der Waals surface area contributed by atoms with Crippen molar-refractivity contribution in [2.75, 3.05) is 14.1 Å². The van der Waals surface area contributed by atoms with E-state index in [0.29, 0.717) is 0 Å². The predicted molar refractivity (Wildman–Crippen MR) is 92.0 cm³/mol. The van der Waals surface area contributed by atoms with Gasteiger partial charge < -0.3 is 4.90 Å². The largest absolute Gasteiger partial charge is 0.305 e. The third-order valence-corrected chi connectivity index (χ3v) is 5.62. The molecule has 0 aromatic heterocycles. The van der Waals surface area contributed by atoms with Gasteiger partial charge in [0.25, 0.3) is 0 Å². The van der Waals surface area contributed by atoms with Gasteiger partial charge in [0.2, 0.25) is 10.0 Å². The van der Waals surface area contributed by atoms with Gasteiger partial charge in [-0.2, -0.15) is 0 Å². The van der Waals surface area contributed by atoms with Gasteiger partial charge in [0.05, 0.1) is 4.90 Å². The number of hydrogen-bond donors (Lipinski definition) is 1. The van der Waals surface area contributed by atoms with Crippen LogP contribution < -0.4 is 4.72 Å². The highest BCUT2D eigenvalue weighted by Crippen LogP contribution is 2.23. The van der Waals surface area contributed by atoms with Crippen molar-refractivity contribution in [1.82, 2.24) is 9.62 Å². The zero-order valence-corrected chi connectivity index (χ0v) is 15.3. The highest BCUT2D eigenvalue weighted by molar-refractivity contribution is 9.10. The summed E-state index contributed by atoms with van der Waals surface area (Å²) in [5, 5.41) is 0. The molecule has 0 saturated carbocycles. The summed E-state index contributed by atoms with van der Waals surface area (Å²) in [5.41, 5.74) is 1.96. The lowest BCUT2D eigenvalue weighted by molar-refractivity contribution is 0.400. The van der Waals surface area contributed by atoms with Crippen molar-refractivity contribution in [2.45, 2.75) is 18.0 Å². The maximum atomic E-state index is 13.1. The van der Waals surface area contributed by atoms with Crippen molar-refractivity contribution in [3.63, 3.8) is 0 Å². The SMILES string of the molecule is CN(C)Cc1ccccc1CNS(=O)(=O)c1ccc(F)cc1Br. The molecule has 0 fully saturated rings. The monoisotopic (exact) mass is 400 g/mol. The van der Waals surface area contributed by atoms with Crippen LogP contribution in [-0.2, 0) is 23.1 Å². The molecular weight excluding hydrogens is 383 g/mol. The van der Waals surface area contributed by atoms with E-state index >= 15 is 0 Å². The molecule has 2 aromatic carbocycles. The second-order valence-electron chi connectivity index (χ2n) is 5.41. The van der Waals surface area contributed by atoms with Gasteiger partial charge in [0, 0.05) is 17.6 Å². The molecule has 0 radical (unpaired) electrons. The summed E-state index contributed by atoms with van der Waals surface area (Å²) in [6.45, 7) is 0.897. The summed E-state index contributed by atoms with van der Waals surface area (Å²) >= 11 is 3.09. The summed E-state index contributed by atoms with van der Waals surface area (Å²) < 4.78 is 40.7. The van der Waals surface area contributed by atoms with Crippen molar-refractivity contribution >= 4 is 26.0 Å². The molecule has 1 N–H and O–H groups in total. The lowest BCUT2D eigenvalue weighted by Gasteiger charge is -2.15. The fraction of sp³-hybridized carbons (Fsp3) is 0.250. The summed E-state index contributed by atoms with van der Waals surface area (Å²) in [5.74, 6) is -0.493. The predicted octanol–water partition coefficient (Wildman–Crippen LogP) is 3.13. The Labute approximate surface area is 144 Å². The van der Waals surface area contributed by atoms with E-state index in [2.05, 4.69) is 20.7 Å². The zero-order chi connectivity index (χ0) is 17.0. The third kappa shape index (κ3) is 4.84. The zero-order valence-electron chi connectivity index (χ0n) is 12.9. The molecule has 7 heteroatoms. The molecule has 0 bridgehead atoms. The van der Waals surface area contributed by atoms with E-state index in [4.69, 9.17) is 0 Å². The molecule has 4 nitrogen and oxygen atoms in total. The molecule has 0 aliphatic carbocycles. The van der Waals surface area contributed by atoms with Crippen LogP contribution in [0.1, 0.15) is 11.1 Å². The lowest BCUT2D eigenvalue weighted by Crippen LogP contribution is -2.24. The Morgan fingerprint density at radius 3 is 2.39 bits per heavy atom. The minimum Gasteiger partial charge on any atom is -0.305 e. The fourth-order valence-corrected chi connectivity index (χ4v) is 4.22. The average molecular weight is 401 g/mol. The first kappa shape index (κ1) is 18.1. The highest BCUT2D eigenvalue weighted by Gasteiger charge is 2.18. The van der Waals surface area contributed by atoms with Crippen LogP contribution >= 0.6 is 15.9 Å². The van der Waals surface area contributed by atoms with Gasteiger partial charge in [-0.3, -0.25) is 0 Å². The molecule has 2 aromatic rings. The number of hydrogen-bond acceptors (Lipinski definition) is 3. The van der Waals surface area contributed by atoms with Gasteiger partial charge in [0.1, 0.15) is 5.82 Å². The first-order valence-electron chi connectivity index (χ1n) is 6.96. The molecule has 0 aliphatic heterocycles. The standard InChI is InChI=1S/C16H18BrFN2O2S/c1-20(2)11-13-6-4-3-5-12(13)10-19-23(21,22)16-8-7-14(18)9-15(16)17/h3-9,19H,10-11H2,1-2H3. The maximum absolute atomic E-state index is 13.1. The van der Waals surface area contributed by atoms with Gasteiger partial charge in [-0.25, -0.2) is 17.5 Å². The van der Waals surface area contributed by atoms with Gasteiger partial charge in [-0.05, 0) is 59.4 Å². The number of nitrogens with one attached hydrogen (secondary N) is 1. The van der Waals surface area contributed by atoms with E-state index in [9.17, 15) is 12.8 Å². The molecular formula is C16H18BrFN2O2S. The Balaban J connectivity index is 2.20. The third-order valence-electron chi connectivity index (χ3n) is 3.24. The molecule has 0 heterocycles. The number of rotatable bonds is 6. The molecule has 0 atom stereocenters. The number of halogens is 2. The van der Waals surface area contributed by atoms with E-state index in [0.717, 1.165) is 29.8 Å². The van der Waals surface area contributed by atoms with Gasteiger partial charge in [-0.1, -0.05) is 24.3 Å². The fourth-order valence-electron chi connectivity index (χ4n) is 2.17. The summed E-state index contributed by atoms with van der Waals surface area (Å²) in [6.07, 6.45) is 0. The molecule has 0 spiro atoms. The minimum atomic E-state index is -3.73. The lowest BCUT2D eigenvalue weighted by atomic mass is 10.1. The van der Waals surface area contributed by atoms with Crippen LogP contribution in [0.5, 0.6) is 0 Å². The van der Waals surface area contributed by atoms with Crippen molar-refractivity contribution in [3.8, 4) is 0 Å². The van der Waals surface area contributed by atoms with E-state index < -0.39 is 15.8 Å². The second kappa shape index (κ2) is 7.53. The molecule has 0 aliphatic rings. The van der Waals surface area contributed by atoms with Crippen molar-refractivity contribution < 1.29 is 12.8 Å². The Kier molecular flexibility index (Phi) is 5.91. The normalized spacial score (nSPS) is 11.9. The second-order valence-corrected chi connectivity index (χ2v) is 8.00. The van der Waals surface area contributed by atoms with Crippen LogP contribution in [0, 0.1) is 5.82 Å². The quantitative estimate of drug-likeness (QED) is 0.809. The van der Waals surface area contributed by atoms with E-state index in [1.165, 1.54) is 6.07 Å². The number of nitrogens with zero attached hydrogens (tertiary/aromatic N) is 1.